The molecule has 0 aliphatic heterocycles. The highest BCUT2D eigenvalue weighted by Crippen LogP contribution is 2.29. The average Bonchev–Trinajstić information content (AvgIpc) is 2.45. The number of sulfonamides is 1. The van der Waals surface area contributed by atoms with E-state index in [-0.39, 0.29) is 46.5 Å². The third kappa shape index (κ3) is 4.35. The maximum atomic E-state index is 12.3. The number of non-ortho nitro benzene ring substituents is 1. The lowest BCUT2D eigenvalue weighted by Crippen LogP contribution is -2.29. The van der Waals surface area contributed by atoms with Gasteiger partial charge in [0.1, 0.15) is 4.90 Å². The van der Waals surface area contributed by atoms with Crippen LogP contribution in [-0.4, -0.2) is 30.9 Å². The summed E-state index contributed by atoms with van der Waals surface area (Å²) in [7, 11) is -3.82. The molecular formula is C13H17ClN4O4S. The van der Waals surface area contributed by atoms with Gasteiger partial charge in [0.25, 0.3) is 5.69 Å². The van der Waals surface area contributed by atoms with Crippen molar-refractivity contribution in [3.63, 3.8) is 0 Å². The Bertz CT molecular complexity index is 811. The van der Waals surface area contributed by atoms with Gasteiger partial charge in [0.15, 0.2) is 0 Å². The number of hydrogen-bond donors (Lipinski definition) is 2. The van der Waals surface area contributed by atoms with Crippen LogP contribution in [0.15, 0.2) is 35.4 Å². The molecule has 0 saturated heterocycles. The van der Waals surface area contributed by atoms with E-state index in [9.17, 15) is 18.5 Å². The van der Waals surface area contributed by atoms with E-state index in [0.29, 0.717) is 6.42 Å². The van der Waals surface area contributed by atoms with Gasteiger partial charge >= 0.3 is 0 Å². The SMILES string of the molecule is CC(N)CCNS(=O)(=O)c1ccc([N+](=O)[O-])c2cccnc12.Cl. The molecular weight excluding hydrogens is 344 g/mol. The van der Waals surface area contributed by atoms with E-state index in [1.165, 1.54) is 30.5 Å². The van der Waals surface area contributed by atoms with E-state index < -0.39 is 14.9 Å². The number of fused-ring (bicyclic) bond motifs is 1. The fraction of sp³-hybridized carbons (Fsp3) is 0.308. The van der Waals surface area contributed by atoms with E-state index in [1.807, 2.05) is 0 Å². The molecule has 1 heterocycles. The summed E-state index contributed by atoms with van der Waals surface area (Å²) in [4.78, 5) is 14.4. The molecule has 1 aromatic carbocycles. The van der Waals surface area contributed by atoms with Crippen LogP contribution in [0.5, 0.6) is 0 Å². The lowest BCUT2D eigenvalue weighted by atomic mass is 10.2. The fourth-order valence-corrected chi connectivity index (χ4v) is 3.21. The summed E-state index contributed by atoms with van der Waals surface area (Å²) in [5, 5.41) is 11.2. The number of benzene rings is 1. The molecule has 10 heteroatoms. The molecule has 126 valence electrons. The Morgan fingerprint density at radius 2 is 2.09 bits per heavy atom. The molecule has 2 aromatic rings. The quantitative estimate of drug-likeness (QED) is 0.594. The summed E-state index contributed by atoms with van der Waals surface area (Å²) in [5.74, 6) is 0. The monoisotopic (exact) mass is 360 g/mol. The Morgan fingerprint density at radius 1 is 1.39 bits per heavy atom. The van der Waals surface area contributed by atoms with E-state index in [1.54, 1.807) is 6.92 Å². The van der Waals surface area contributed by atoms with E-state index >= 15 is 0 Å². The van der Waals surface area contributed by atoms with Crippen molar-refractivity contribution in [3.8, 4) is 0 Å². The molecule has 8 nitrogen and oxygen atoms in total. The highest BCUT2D eigenvalue weighted by molar-refractivity contribution is 7.89. The lowest BCUT2D eigenvalue weighted by molar-refractivity contribution is -0.383. The van der Waals surface area contributed by atoms with Crippen molar-refractivity contribution >= 4 is 39.0 Å². The molecule has 1 atom stereocenters. The molecule has 0 saturated carbocycles. The van der Waals surface area contributed by atoms with Gasteiger partial charge in [-0.15, -0.1) is 12.4 Å². The fourth-order valence-electron chi connectivity index (χ4n) is 2.01. The van der Waals surface area contributed by atoms with Crippen LogP contribution in [0.4, 0.5) is 5.69 Å². The topological polar surface area (TPSA) is 128 Å². The average molecular weight is 361 g/mol. The number of nitrogens with zero attached hydrogens (tertiary/aromatic N) is 2. The first kappa shape index (κ1) is 19.2. The van der Waals surface area contributed by atoms with Crippen LogP contribution in [0.1, 0.15) is 13.3 Å². The zero-order chi connectivity index (χ0) is 16.3. The van der Waals surface area contributed by atoms with Gasteiger partial charge in [0, 0.05) is 24.8 Å². The Labute approximate surface area is 139 Å². The van der Waals surface area contributed by atoms with Crippen molar-refractivity contribution in [1.82, 2.24) is 9.71 Å². The van der Waals surface area contributed by atoms with Gasteiger partial charge in [0.2, 0.25) is 10.0 Å². The number of pyridine rings is 1. The minimum Gasteiger partial charge on any atom is -0.328 e. The second-order valence-electron chi connectivity index (χ2n) is 4.90. The van der Waals surface area contributed by atoms with Crippen molar-refractivity contribution < 1.29 is 13.3 Å². The second kappa shape index (κ2) is 7.64. The van der Waals surface area contributed by atoms with Crippen molar-refractivity contribution in [1.29, 1.82) is 0 Å². The minimum absolute atomic E-state index is 0. The molecule has 23 heavy (non-hydrogen) atoms. The van der Waals surface area contributed by atoms with Crippen LogP contribution in [0, 0.1) is 10.1 Å². The molecule has 0 spiro atoms. The van der Waals surface area contributed by atoms with Crippen LogP contribution in [0.3, 0.4) is 0 Å². The van der Waals surface area contributed by atoms with E-state index in [0.717, 1.165) is 0 Å². The normalized spacial score (nSPS) is 12.6. The largest absolute Gasteiger partial charge is 0.328 e. The second-order valence-corrected chi connectivity index (χ2v) is 6.64. The molecule has 0 radical (unpaired) electrons. The first-order valence-corrected chi connectivity index (χ1v) is 8.08. The summed E-state index contributed by atoms with van der Waals surface area (Å²) in [6.45, 7) is 1.96. The molecule has 1 aromatic heterocycles. The predicted molar refractivity (Wildman–Crippen MR) is 89.1 cm³/mol. The maximum Gasteiger partial charge on any atom is 0.278 e. The molecule has 0 fully saturated rings. The third-order valence-electron chi connectivity index (χ3n) is 3.09. The van der Waals surface area contributed by atoms with Gasteiger partial charge in [-0.1, -0.05) is 0 Å². The summed E-state index contributed by atoms with van der Waals surface area (Å²) in [6, 6.07) is 5.23. The van der Waals surface area contributed by atoms with Gasteiger partial charge in [-0.05, 0) is 31.5 Å². The van der Waals surface area contributed by atoms with Gasteiger partial charge in [-0.25, -0.2) is 13.1 Å². The van der Waals surface area contributed by atoms with E-state index in [4.69, 9.17) is 5.73 Å². The smallest absolute Gasteiger partial charge is 0.278 e. The summed E-state index contributed by atoms with van der Waals surface area (Å²) < 4.78 is 27.1. The minimum atomic E-state index is -3.82. The molecule has 3 N–H and O–H groups in total. The first-order chi connectivity index (χ1) is 10.3. The highest BCUT2D eigenvalue weighted by atomic mass is 35.5. The molecule has 0 aliphatic carbocycles. The predicted octanol–water partition coefficient (Wildman–Crippen LogP) is 1.58. The van der Waals surface area contributed by atoms with Gasteiger partial charge in [-0.3, -0.25) is 15.1 Å². The number of rotatable bonds is 6. The van der Waals surface area contributed by atoms with Crippen LogP contribution in [0.25, 0.3) is 10.9 Å². The highest BCUT2D eigenvalue weighted by Gasteiger charge is 2.22. The van der Waals surface area contributed by atoms with Crippen LogP contribution in [-0.2, 0) is 10.0 Å². The molecule has 0 aliphatic rings. The van der Waals surface area contributed by atoms with Crippen LogP contribution in [0.2, 0.25) is 0 Å². The Balaban J connectivity index is 0.00000264. The van der Waals surface area contributed by atoms with Gasteiger partial charge in [0.05, 0.1) is 15.8 Å². The summed E-state index contributed by atoms with van der Waals surface area (Å²) in [5.41, 5.74) is 5.47. The van der Waals surface area contributed by atoms with Crippen molar-refractivity contribution in [2.75, 3.05) is 6.54 Å². The summed E-state index contributed by atoms with van der Waals surface area (Å²) in [6.07, 6.45) is 1.88. The lowest BCUT2D eigenvalue weighted by Gasteiger charge is -2.10. The third-order valence-corrected chi connectivity index (χ3v) is 4.58. The first-order valence-electron chi connectivity index (χ1n) is 6.60. The molecule has 0 bridgehead atoms. The number of hydrogen-bond acceptors (Lipinski definition) is 6. The van der Waals surface area contributed by atoms with Gasteiger partial charge in [-0.2, -0.15) is 0 Å². The van der Waals surface area contributed by atoms with Crippen LogP contribution >= 0.6 is 12.4 Å². The number of nitrogens with one attached hydrogen (secondary N) is 1. The van der Waals surface area contributed by atoms with Crippen molar-refractivity contribution in [3.05, 3.63) is 40.6 Å². The van der Waals surface area contributed by atoms with Gasteiger partial charge < -0.3 is 5.73 Å². The number of halogens is 1. The molecule has 1 unspecified atom stereocenters. The summed E-state index contributed by atoms with van der Waals surface area (Å²) >= 11 is 0. The van der Waals surface area contributed by atoms with Crippen molar-refractivity contribution in [2.24, 2.45) is 5.73 Å². The molecule has 0 amide bonds. The number of nitrogens with two attached hydrogens (primary N) is 1. The molecule has 2 rings (SSSR count). The Kier molecular flexibility index (Phi) is 6.39. The Morgan fingerprint density at radius 3 is 2.70 bits per heavy atom. The Hall–Kier alpha value is -1.81. The van der Waals surface area contributed by atoms with Crippen molar-refractivity contribution in [2.45, 2.75) is 24.3 Å². The number of aromatic nitrogens is 1. The van der Waals surface area contributed by atoms with Crippen LogP contribution < -0.4 is 10.5 Å². The zero-order valence-electron chi connectivity index (χ0n) is 12.3. The zero-order valence-corrected chi connectivity index (χ0v) is 13.9. The van der Waals surface area contributed by atoms with E-state index in [2.05, 4.69) is 9.71 Å². The standard InChI is InChI=1S/C13H16N4O4S.ClH/c1-9(14)6-8-16-22(20,21)12-5-4-11(17(18)19)10-3-2-7-15-13(10)12;/h2-5,7,9,16H,6,8,14H2,1H3;1H. The number of nitro groups is 1. The number of nitro benzene ring substituents is 1. The maximum absolute atomic E-state index is 12.3.